The van der Waals surface area contributed by atoms with Crippen LogP contribution in [0.15, 0.2) is 35.5 Å². The van der Waals surface area contributed by atoms with Gasteiger partial charge in [0.15, 0.2) is 0 Å². The largest absolute Gasteiger partial charge is 0.393 e. The Hall–Kier alpha value is -1.04. The van der Waals surface area contributed by atoms with Crippen LogP contribution in [-0.2, 0) is 0 Å². The summed E-state index contributed by atoms with van der Waals surface area (Å²) < 4.78 is 26.2. The second-order valence-corrected chi connectivity index (χ2v) is 11.3. The lowest BCUT2D eigenvalue weighted by Gasteiger charge is -2.45. The van der Waals surface area contributed by atoms with Crippen molar-refractivity contribution in [3.8, 4) is 0 Å². The Morgan fingerprint density at radius 1 is 1.22 bits per heavy atom. The van der Waals surface area contributed by atoms with Crippen LogP contribution in [0.3, 0.4) is 0 Å². The van der Waals surface area contributed by atoms with E-state index in [1.165, 1.54) is 31.3 Å². The first-order valence-electron chi connectivity index (χ1n) is 12.6. The van der Waals surface area contributed by atoms with E-state index in [2.05, 4.69) is 37.5 Å². The molecule has 0 radical (unpaired) electrons. The van der Waals surface area contributed by atoms with Gasteiger partial charge >= 0.3 is 0 Å². The van der Waals surface area contributed by atoms with Crippen LogP contribution >= 0.6 is 0 Å². The molecule has 0 aromatic rings. The number of aliphatic hydroxyl groups excluding tert-OH is 2. The maximum absolute atomic E-state index is 13.1. The second-order valence-electron chi connectivity index (χ2n) is 11.3. The van der Waals surface area contributed by atoms with Crippen LogP contribution < -0.4 is 0 Å². The number of aliphatic hydroxyl groups is 2. The lowest BCUT2D eigenvalue weighted by Crippen LogP contribution is -2.39. The monoisotopic (exact) mass is 449 g/mol. The maximum Gasteiger partial charge on any atom is 0.242 e. The van der Waals surface area contributed by atoms with Crippen molar-refractivity contribution in [2.24, 2.45) is 29.1 Å². The van der Waals surface area contributed by atoms with Gasteiger partial charge in [0.2, 0.25) is 6.43 Å². The highest BCUT2D eigenvalue weighted by Crippen LogP contribution is 2.59. The normalized spacial score (nSPS) is 42.2. The summed E-state index contributed by atoms with van der Waals surface area (Å²) in [6, 6.07) is 0. The highest BCUT2D eigenvalue weighted by atomic mass is 19.3. The molecular weight excluding hydrogens is 408 g/mol. The fourth-order valence-electron chi connectivity index (χ4n) is 7.45. The molecule has 1 saturated heterocycles. The molecule has 3 nitrogen and oxygen atoms in total. The van der Waals surface area contributed by atoms with Crippen LogP contribution in [0.5, 0.6) is 0 Å². The molecule has 3 saturated carbocycles. The second kappa shape index (κ2) is 9.68. The zero-order valence-corrected chi connectivity index (χ0v) is 19.8. The Balaban J connectivity index is 1.44. The van der Waals surface area contributed by atoms with Crippen LogP contribution in [0.25, 0.3) is 0 Å². The van der Waals surface area contributed by atoms with Crippen LogP contribution in [0, 0.1) is 29.1 Å². The summed E-state index contributed by atoms with van der Waals surface area (Å²) in [4.78, 5) is 2.27. The van der Waals surface area contributed by atoms with E-state index in [0.717, 1.165) is 30.7 Å². The van der Waals surface area contributed by atoms with E-state index in [1.807, 2.05) is 0 Å². The molecule has 0 aromatic heterocycles. The molecular formula is C27H41F2NO2. The number of hydrogen-bond donors (Lipinski definition) is 2. The van der Waals surface area contributed by atoms with Crippen LogP contribution in [0.2, 0.25) is 0 Å². The minimum atomic E-state index is -2.19. The van der Waals surface area contributed by atoms with Crippen LogP contribution in [0.1, 0.15) is 65.2 Å². The van der Waals surface area contributed by atoms with E-state index in [1.54, 1.807) is 0 Å². The van der Waals surface area contributed by atoms with Gasteiger partial charge < -0.3 is 15.1 Å². The van der Waals surface area contributed by atoms with Gasteiger partial charge in [0.25, 0.3) is 0 Å². The number of alkyl halides is 2. The fourth-order valence-corrected chi connectivity index (χ4v) is 7.45. The van der Waals surface area contributed by atoms with Gasteiger partial charge in [-0.15, -0.1) is 0 Å². The SMILES string of the molecule is C=C1/C(=C\C=C2/CCC[C@]3(C)[C@@H](C(C)CN4CC[C@H](C(F)F)C4)CC[C@@H]23)C[C@@H](O)C[C@@H]1O. The van der Waals surface area contributed by atoms with Gasteiger partial charge in [-0.2, -0.15) is 0 Å². The molecule has 180 valence electrons. The molecule has 1 unspecified atom stereocenters. The van der Waals surface area contributed by atoms with Crippen molar-refractivity contribution in [3.05, 3.63) is 35.5 Å². The summed E-state index contributed by atoms with van der Waals surface area (Å²) in [6.07, 6.45) is 8.56. The summed E-state index contributed by atoms with van der Waals surface area (Å²) in [5, 5.41) is 20.2. The third kappa shape index (κ3) is 4.76. The Morgan fingerprint density at radius 3 is 2.72 bits per heavy atom. The first-order chi connectivity index (χ1) is 15.2. The van der Waals surface area contributed by atoms with Gasteiger partial charge in [0, 0.05) is 25.4 Å². The van der Waals surface area contributed by atoms with Crippen molar-refractivity contribution >= 4 is 0 Å². The molecule has 0 amide bonds. The van der Waals surface area contributed by atoms with Gasteiger partial charge in [-0.05, 0) is 85.8 Å². The van der Waals surface area contributed by atoms with Gasteiger partial charge in [0.05, 0.1) is 12.2 Å². The number of likely N-dealkylation sites (tertiary alicyclic amines) is 1. The molecule has 2 N–H and O–H groups in total. The van der Waals surface area contributed by atoms with E-state index in [-0.39, 0.29) is 5.41 Å². The number of allylic oxidation sites excluding steroid dienone is 3. The molecule has 5 heteroatoms. The summed E-state index contributed by atoms with van der Waals surface area (Å²) in [5.74, 6) is 1.27. The summed E-state index contributed by atoms with van der Waals surface area (Å²) in [5.41, 5.74) is 3.49. The molecule has 0 spiro atoms. The first-order valence-corrected chi connectivity index (χ1v) is 12.6. The number of rotatable bonds is 5. The number of fused-ring (bicyclic) bond motifs is 1. The molecule has 1 heterocycles. The van der Waals surface area contributed by atoms with E-state index < -0.39 is 24.6 Å². The topological polar surface area (TPSA) is 43.7 Å². The molecule has 3 aliphatic carbocycles. The Labute approximate surface area is 192 Å². The third-order valence-electron chi connectivity index (χ3n) is 9.20. The van der Waals surface area contributed by atoms with Crippen molar-refractivity contribution in [2.45, 2.75) is 83.8 Å². The van der Waals surface area contributed by atoms with Crippen molar-refractivity contribution < 1.29 is 19.0 Å². The third-order valence-corrected chi connectivity index (χ3v) is 9.20. The fraction of sp³-hybridized carbons (Fsp3) is 0.778. The van der Waals surface area contributed by atoms with E-state index >= 15 is 0 Å². The molecule has 4 fully saturated rings. The minimum Gasteiger partial charge on any atom is -0.393 e. The lowest BCUT2D eigenvalue weighted by atomic mass is 9.61. The predicted molar refractivity (Wildman–Crippen MR) is 124 cm³/mol. The Kier molecular flexibility index (Phi) is 7.29. The van der Waals surface area contributed by atoms with Crippen LogP contribution in [0.4, 0.5) is 8.78 Å². The van der Waals surface area contributed by atoms with E-state index in [9.17, 15) is 19.0 Å². The minimum absolute atomic E-state index is 0.270. The Bertz CT molecular complexity index is 763. The van der Waals surface area contributed by atoms with Gasteiger partial charge in [-0.1, -0.05) is 38.2 Å². The smallest absolute Gasteiger partial charge is 0.242 e. The summed E-state index contributed by atoms with van der Waals surface area (Å²) in [6.45, 7) is 11.1. The van der Waals surface area contributed by atoms with Crippen molar-refractivity contribution in [3.63, 3.8) is 0 Å². The maximum atomic E-state index is 13.1. The van der Waals surface area contributed by atoms with Gasteiger partial charge in [0.1, 0.15) is 0 Å². The molecule has 4 aliphatic rings. The zero-order chi connectivity index (χ0) is 23.0. The average Bonchev–Trinajstić information content (AvgIpc) is 3.33. The molecule has 1 aliphatic heterocycles. The number of nitrogens with zero attached hydrogens (tertiary/aromatic N) is 1. The molecule has 0 aromatic carbocycles. The highest BCUT2D eigenvalue weighted by Gasteiger charge is 2.51. The quantitative estimate of drug-likeness (QED) is 0.595. The van der Waals surface area contributed by atoms with E-state index in [4.69, 9.17) is 0 Å². The standard InChI is InChI=1S/C27H41F2NO2/c1-17(15-30-12-10-21(16-30)26(28)29)23-8-9-24-19(5-4-11-27(23,24)3)6-7-20-13-22(31)14-25(32)18(20)2/h6-7,17,21-26,31-32H,2,4-5,8-16H2,1,3H3/b19-6+,20-7-/t17?,21-,22+,23+,24-,25-,27+/m0/s1. The number of hydrogen-bond acceptors (Lipinski definition) is 3. The van der Waals surface area contributed by atoms with Crippen molar-refractivity contribution in [1.29, 1.82) is 0 Å². The number of halogens is 2. The van der Waals surface area contributed by atoms with Crippen molar-refractivity contribution in [1.82, 2.24) is 4.90 Å². The lowest BCUT2D eigenvalue weighted by molar-refractivity contribution is 0.0672. The highest BCUT2D eigenvalue weighted by molar-refractivity contribution is 5.38. The summed E-state index contributed by atoms with van der Waals surface area (Å²) >= 11 is 0. The zero-order valence-electron chi connectivity index (χ0n) is 19.8. The molecule has 0 bridgehead atoms. The van der Waals surface area contributed by atoms with E-state index in [0.29, 0.717) is 43.6 Å². The van der Waals surface area contributed by atoms with Crippen LogP contribution in [-0.4, -0.2) is 53.4 Å². The summed E-state index contributed by atoms with van der Waals surface area (Å²) in [7, 11) is 0. The van der Waals surface area contributed by atoms with Gasteiger partial charge in [-0.25, -0.2) is 8.78 Å². The molecule has 4 rings (SSSR count). The average molecular weight is 450 g/mol. The first kappa shape index (κ1) is 24.1. The Morgan fingerprint density at radius 2 is 2.00 bits per heavy atom. The van der Waals surface area contributed by atoms with Crippen molar-refractivity contribution in [2.75, 3.05) is 19.6 Å². The van der Waals surface area contributed by atoms with Gasteiger partial charge in [-0.3, -0.25) is 0 Å². The molecule has 7 atom stereocenters. The molecule has 32 heavy (non-hydrogen) atoms. The predicted octanol–water partition coefficient (Wildman–Crippen LogP) is 5.35.